The van der Waals surface area contributed by atoms with E-state index >= 15 is 0 Å². The average Bonchev–Trinajstić information content (AvgIpc) is 3.04. The van der Waals surface area contributed by atoms with Gasteiger partial charge in [-0.2, -0.15) is 0 Å². The number of ether oxygens (including phenoxy) is 1. The van der Waals surface area contributed by atoms with E-state index in [1.807, 2.05) is 10.7 Å². The Morgan fingerprint density at radius 1 is 1.60 bits per heavy atom. The van der Waals surface area contributed by atoms with Crippen molar-refractivity contribution in [3.63, 3.8) is 0 Å². The molecule has 1 aromatic rings. The molecule has 1 amide bonds. The van der Waals surface area contributed by atoms with Crippen LogP contribution in [0.25, 0.3) is 0 Å². The Labute approximate surface area is 136 Å². The quantitative estimate of drug-likeness (QED) is 0.624. The maximum absolute atomic E-state index is 12.0. The van der Waals surface area contributed by atoms with E-state index < -0.39 is 9.96 Å². The number of quaternary nitrogens is 1. The number of halogens is 3. The van der Waals surface area contributed by atoms with Crippen molar-refractivity contribution >= 4 is 52.0 Å². The lowest BCUT2D eigenvalue weighted by molar-refractivity contribution is -0.697. The number of nitrogens with two attached hydrogens (primary N) is 1. The first kappa shape index (κ1) is 16.3. The molecule has 20 heavy (non-hydrogen) atoms. The second-order valence-corrected chi connectivity index (χ2v) is 7.89. The third-order valence-corrected chi connectivity index (χ3v) is 4.62. The second kappa shape index (κ2) is 7.29. The van der Waals surface area contributed by atoms with Crippen LogP contribution in [0.2, 0.25) is 0 Å². The summed E-state index contributed by atoms with van der Waals surface area (Å²) >= 11 is 19.2. The molecular formula is C12H16Cl3N2O2S+. The standard InChI is InChI=1S/C12H15Cl3N2O2S/c13-12(14,15)11(16-7-8-3-1-5-19-8)17-10(18)9-4-2-6-20-9/h2,4,6,8,11,16H,1,3,5,7H2,(H,17,18)/p+1/t8-,11+/m1/s1. The van der Waals surface area contributed by atoms with Gasteiger partial charge in [0.2, 0.25) is 6.17 Å². The van der Waals surface area contributed by atoms with Crippen LogP contribution in [-0.2, 0) is 4.74 Å². The number of hydrogen-bond acceptors (Lipinski definition) is 3. The molecule has 3 N–H and O–H groups in total. The van der Waals surface area contributed by atoms with Crippen molar-refractivity contribution in [1.82, 2.24) is 5.32 Å². The van der Waals surface area contributed by atoms with Gasteiger partial charge in [0.1, 0.15) is 12.6 Å². The van der Waals surface area contributed by atoms with Gasteiger partial charge in [-0.1, -0.05) is 40.9 Å². The fourth-order valence-corrected chi connectivity index (χ4v) is 3.07. The second-order valence-electron chi connectivity index (χ2n) is 4.58. The number of hydrogen-bond donors (Lipinski definition) is 2. The maximum atomic E-state index is 12.0. The van der Waals surface area contributed by atoms with Crippen LogP contribution in [-0.4, -0.2) is 35.1 Å². The minimum Gasteiger partial charge on any atom is -0.372 e. The minimum atomic E-state index is -1.58. The molecule has 0 aliphatic carbocycles. The van der Waals surface area contributed by atoms with Gasteiger partial charge >= 0.3 is 0 Å². The summed E-state index contributed by atoms with van der Waals surface area (Å²) in [6.45, 7) is 1.43. The molecule has 2 atom stereocenters. The molecule has 2 rings (SSSR count). The van der Waals surface area contributed by atoms with Gasteiger partial charge < -0.3 is 10.1 Å². The molecular weight excluding hydrogens is 343 g/mol. The predicted octanol–water partition coefficient (Wildman–Crippen LogP) is 1.92. The highest BCUT2D eigenvalue weighted by atomic mass is 35.6. The van der Waals surface area contributed by atoms with Crippen molar-refractivity contribution < 1.29 is 14.8 Å². The number of thiophene rings is 1. The number of amides is 1. The number of carbonyl (C=O) groups is 1. The van der Waals surface area contributed by atoms with Crippen LogP contribution in [0.15, 0.2) is 17.5 Å². The van der Waals surface area contributed by atoms with Crippen LogP contribution >= 0.6 is 46.1 Å². The summed E-state index contributed by atoms with van der Waals surface area (Å²) < 4.78 is 3.94. The summed E-state index contributed by atoms with van der Waals surface area (Å²) in [6, 6.07) is 3.54. The summed E-state index contributed by atoms with van der Waals surface area (Å²) in [5, 5.41) is 6.39. The smallest absolute Gasteiger partial charge is 0.265 e. The molecule has 2 heterocycles. The van der Waals surface area contributed by atoms with Crippen LogP contribution in [0.4, 0.5) is 0 Å². The summed E-state index contributed by atoms with van der Waals surface area (Å²) in [5.74, 6) is -0.236. The SMILES string of the molecule is O=C(N[C@H]([NH2+]C[C@H]1CCCO1)C(Cl)(Cl)Cl)c1cccs1. The van der Waals surface area contributed by atoms with E-state index in [1.165, 1.54) is 11.3 Å². The number of alkyl halides is 3. The van der Waals surface area contributed by atoms with Crippen LogP contribution in [0.1, 0.15) is 22.5 Å². The summed E-state index contributed by atoms with van der Waals surface area (Å²) in [7, 11) is 0. The molecule has 1 aliphatic heterocycles. The van der Waals surface area contributed by atoms with Crippen molar-refractivity contribution in [2.45, 2.75) is 28.9 Å². The van der Waals surface area contributed by atoms with Crippen LogP contribution in [0.5, 0.6) is 0 Å². The Kier molecular flexibility index (Phi) is 5.95. The van der Waals surface area contributed by atoms with Gasteiger partial charge in [-0.05, 0) is 24.3 Å². The van der Waals surface area contributed by atoms with Crippen LogP contribution < -0.4 is 10.6 Å². The number of rotatable bonds is 5. The molecule has 1 aliphatic rings. The first-order chi connectivity index (χ1) is 9.47. The maximum Gasteiger partial charge on any atom is 0.265 e. The number of carbonyl (C=O) groups excluding carboxylic acids is 1. The van der Waals surface area contributed by atoms with Crippen molar-refractivity contribution in [2.24, 2.45) is 0 Å². The van der Waals surface area contributed by atoms with Crippen molar-refractivity contribution in [3.05, 3.63) is 22.4 Å². The molecule has 1 fully saturated rings. The van der Waals surface area contributed by atoms with Gasteiger partial charge in [0.15, 0.2) is 0 Å². The van der Waals surface area contributed by atoms with Crippen LogP contribution in [0, 0.1) is 0 Å². The number of nitrogens with one attached hydrogen (secondary N) is 1. The van der Waals surface area contributed by atoms with Gasteiger partial charge in [0, 0.05) is 6.61 Å². The predicted molar refractivity (Wildman–Crippen MR) is 81.6 cm³/mol. The van der Waals surface area contributed by atoms with E-state index in [2.05, 4.69) is 5.32 Å². The zero-order valence-electron chi connectivity index (χ0n) is 10.7. The lowest BCUT2D eigenvalue weighted by Gasteiger charge is -2.24. The van der Waals surface area contributed by atoms with Crippen molar-refractivity contribution in [2.75, 3.05) is 13.2 Å². The van der Waals surface area contributed by atoms with Gasteiger partial charge in [-0.3, -0.25) is 10.1 Å². The highest BCUT2D eigenvalue weighted by Gasteiger charge is 2.38. The summed E-state index contributed by atoms with van der Waals surface area (Å²) in [4.78, 5) is 12.6. The molecule has 0 aromatic carbocycles. The Morgan fingerprint density at radius 3 is 2.95 bits per heavy atom. The van der Waals surface area contributed by atoms with E-state index in [4.69, 9.17) is 39.5 Å². The topological polar surface area (TPSA) is 54.9 Å². The summed E-state index contributed by atoms with van der Waals surface area (Å²) in [5.41, 5.74) is 0. The molecule has 4 nitrogen and oxygen atoms in total. The zero-order chi connectivity index (χ0) is 14.6. The Morgan fingerprint density at radius 2 is 2.40 bits per heavy atom. The molecule has 8 heteroatoms. The van der Waals surface area contributed by atoms with Crippen LogP contribution in [0.3, 0.4) is 0 Å². The molecule has 112 valence electrons. The Bertz CT molecular complexity index is 430. The van der Waals surface area contributed by atoms with E-state index in [1.54, 1.807) is 12.1 Å². The lowest BCUT2D eigenvalue weighted by atomic mass is 10.2. The molecule has 0 bridgehead atoms. The molecule has 1 saturated heterocycles. The highest BCUT2D eigenvalue weighted by Crippen LogP contribution is 2.27. The molecule has 0 spiro atoms. The largest absolute Gasteiger partial charge is 0.372 e. The Balaban J connectivity index is 1.91. The fraction of sp³-hybridized carbons (Fsp3) is 0.583. The van der Waals surface area contributed by atoms with Gasteiger partial charge in [0.25, 0.3) is 9.70 Å². The van der Waals surface area contributed by atoms with E-state index in [0.29, 0.717) is 11.4 Å². The third kappa shape index (κ3) is 4.76. The lowest BCUT2D eigenvalue weighted by Crippen LogP contribution is -2.97. The minimum absolute atomic E-state index is 0.156. The highest BCUT2D eigenvalue weighted by molar-refractivity contribution is 7.12. The Hall–Kier alpha value is -0.0400. The molecule has 1 aromatic heterocycles. The van der Waals surface area contributed by atoms with E-state index in [0.717, 1.165) is 19.4 Å². The monoisotopic (exact) mass is 357 g/mol. The normalized spacial score (nSPS) is 20.9. The van der Waals surface area contributed by atoms with Crippen molar-refractivity contribution in [1.29, 1.82) is 0 Å². The van der Waals surface area contributed by atoms with E-state index in [9.17, 15) is 4.79 Å². The fourth-order valence-electron chi connectivity index (χ4n) is 2.01. The zero-order valence-corrected chi connectivity index (χ0v) is 13.7. The third-order valence-electron chi connectivity index (χ3n) is 3.04. The molecule has 0 saturated carbocycles. The summed E-state index contributed by atoms with van der Waals surface area (Å²) in [6.07, 6.45) is 1.57. The van der Waals surface area contributed by atoms with Gasteiger partial charge in [0.05, 0.1) is 4.88 Å². The first-order valence-corrected chi connectivity index (χ1v) is 8.34. The van der Waals surface area contributed by atoms with Crippen molar-refractivity contribution in [3.8, 4) is 0 Å². The average molecular weight is 359 g/mol. The first-order valence-electron chi connectivity index (χ1n) is 6.33. The van der Waals surface area contributed by atoms with Gasteiger partial charge in [-0.15, -0.1) is 11.3 Å². The van der Waals surface area contributed by atoms with Gasteiger partial charge in [-0.25, -0.2) is 0 Å². The van der Waals surface area contributed by atoms with E-state index in [-0.39, 0.29) is 12.0 Å². The molecule has 0 radical (unpaired) electrons. The molecule has 0 unspecified atom stereocenters.